The number of carboxylic acid groups (broad SMARTS) is 2. The van der Waals surface area contributed by atoms with E-state index in [0.29, 0.717) is 39.9 Å². The summed E-state index contributed by atoms with van der Waals surface area (Å²) in [4.78, 5) is 23.9. The van der Waals surface area contributed by atoms with E-state index in [4.69, 9.17) is 23.2 Å². The summed E-state index contributed by atoms with van der Waals surface area (Å²) in [5.74, 6) is 2.64. The summed E-state index contributed by atoms with van der Waals surface area (Å²) in [6, 6.07) is 5.65. The summed E-state index contributed by atoms with van der Waals surface area (Å²) in [5, 5.41) is 40.0. The number of halogens is 2. The molecule has 53 heavy (non-hydrogen) atoms. The van der Waals surface area contributed by atoms with Crippen molar-refractivity contribution in [3.8, 4) is 11.5 Å². The zero-order chi connectivity index (χ0) is 38.4. The van der Waals surface area contributed by atoms with Crippen molar-refractivity contribution in [2.75, 3.05) is 0 Å². The Kier molecular flexibility index (Phi) is 11.9. The van der Waals surface area contributed by atoms with Crippen LogP contribution in [0.25, 0.3) is 5.57 Å². The van der Waals surface area contributed by atoms with Crippen molar-refractivity contribution in [1.82, 2.24) is 0 Å². The van der Waals surface area contributed by atoms with Crippen molar-refractivity contribution < 1.29 is 30.0 Å². The Labute approximate surface area is 326 Å². The third-order valence-corrected chi connectivity index (χ3v) is 15.7. The summed E-state index contributed by atoms with van der Waals surface area (Å²) in [6.07, 6.45) is 19.8. The predicted octanol–water partition coefficient (Wildman–Crippen LogP) is 12.8. The Bertz CT molecular complexity index is 1660. The number of benzene rings is 2. The lowest BCUT2D eigenvalue weighted by atomic mass is 9.44. The lowest BCUT2D eigenvalue weighted by molar-refractivity contribution is -0.121. The average molecular weight is 768 g/mol. The molecule has 0 radical (unpaired) electrons. The quantitative estimate of drug-likeness (QED) is 0.171. The molecule has 3 unspecified atom stereocenters. The van der Waals surface area contributed by atoms with E-state index < -0.39 is 23.4 Å². The molecule has 2 aromatic rings. The Morgan fingerprint density at radius 2 is 1.38 bits per heavy atom. The van der Waals surface area contributed by atoms with E-state index in [0.717, 1.165) is 47.8 Å². The molecule has 6 nitrogen and oxygen atoms in total. The van der Waals surface area contributed by atoms with Crippen LogP contribution in [-0.2, 0) is 0 Å². The van der Waals surface area contributed by atoms with E-state index in [9.17, 15) is 30.0 Å². The first-order valence-corrected chi connectivity index (χ1v) is 21.0. The number of rotatable bonds is 12. The fraction of sp³-hybridized carbons (Fsp3) is 0.644. The van der Waals surface area contributed by atoms with E-state index in [2.05, 4.69) is 34.6 Å². The Balaban J connectivity index is 1.17. The molecule has 0 amide bonds. The minimum Gasteiger partial charge on any atom is -0.505 e. The van der Waals surface area contributed by atoms with Crippen molar-refractivity contribution in [2.45, 2.75) is 125 Å². The molecule has 290 valence electrons. The Morgan fingerprint density at radius 1 is 0.792 bits per heavy atom. The number of allylic oxidation sites excluding steroid dienone is 1. The Hall–Kier alpha value is -2.70. The van der Waals surface area contributed by atoms with Gasteiger partial charge in [-0.3, -0.25) is 0 Å². The maximum atomic E-state index is 12.0. The van der Waals surface area contributed by atoms with Crippen LogP contribution < -0.4 is 0 Å². The summed E-state index contributed by atoms with van der Waals surface area (Å²) in [7, 11) is 0. The molecule has 6 rings (SSSR count). The number of aromatic hydroxyl groups is 2. The van der Waals surface area contributed by atoms with Crippen molar-refractivity contribution in [1.29, 1.82) is 0 Å². The first-order valence-electron chi connectivity index (χ1n) is 20.3. The molecule has 0 spiro atoms. The maximum absolute atomic E-state index is 12.0. The zero-order valence-corrected chi connectivity index (χ0v) is 33.8. The summed E-state index contributed by atoms with van der Waals surface area (Å²) in [6.45, 7) is 12.6. The van der Waals surface area contributed by atoms with Crippen molar-refractivity contribution >= 4 is 40.7 Å². The topological polar surface area (TPSA) is 115 Å². The van der Waals surface area contributed by atoms with E-state index >= 15 is 0 Å². The summed E-state index contributed by atoms with van der Waals surface area (Å²) < 4.78 is 0. The molecule has 0 heterocycles. The Morgan fingerprint density at radius 3 is 1.96 bits per heavy atom. The predicted molar refractivity (Wildman–Crippen MR) is 213 cm³/mol. The van der Waals surface area contributed by atoms with Gasteiger partial charge in [-0.25, -0.2) is 9.59 Å². The fourth-order valence-corrected chi connectivity index (χ4v) is 12.8. The van der Waals surface area contributed by atoms with Crippen LogP contribution in [0.5, 0.6) is 11.5 Å². The van der Waals surface area contributed by atoms with Gasteiger partial charge in [-0.05, 0) is 170 Å². The smallest absolute Gasteiger partial charge is 0.339 e. The molecular weight excluding hydrogens is 707 g/mol. The highest BCUT2D eigenvalue weighted by atomic mass is 35.5. The van der Waals surface area contributed by atoms with Gasteiger partial charge in [0.05, 0.1) is 10.0 Å². The van der Waals surface area contributed by atoms with Crippen LogP contribution in [0, 0.1) is 58.2 Å². The van der Waals surface area contributed by atoms with Crippen LogP contribution in [-0.4, -0.2) is 32.4 Å². The lowest BCUT2D eigenvalue weighted by Gasteiger charge is -2.61. The highest BCUT2D eigenvalue weighted by molar-refractivity contribution is 6.33. The highest BCUT2D eigenvalue weighted by Gasteiger charge is 2.60. The highest BCUT2D eigenvalue weighted by Crippen LogP contribution is 2.69. The molecule has 4 aliphatic carbocycles. The van der Waals surface area contributed by atoms with Crippen LogP contribution in [0.1, 0.15) is 156 Å². The average Bonchev–Trinajstić information content (AvgIpc) is 3.46. The number of carboxylic acids is 2. The first-order chi connectivity index (χ1) is 25.0. The second kappa shape index (κ2) is 15.8. The summed E-state index contributed by atoms with van der Waals surface area (Å²) in [5.41, 5.74) is 1.58. The van der Waals surface area contributed by atoms with Gasteiger partial charge in [0.1, 0.15) is 22.6 Å². The number of phenols is 2. The SMILES string of the molecule is CC(C)CCCC(C)C1CC[C@@H]2[C@@H]3CC[C@@H]4CC(CCC=C(c5cc(Cl)c(O)c(C(=O)O)c5)c5cc(Cl)c(O)c(C(=O)O)c5)CC[C@]4(C)[C@@H]3CC[C@]12C. The molecular formula is C45H60Cl2O6. The minimum atomic E-state index is -1.33. The van der Waals surface area contributed by atoms with Gasteiger partial charge in [-0.2, -0.15) is 0 Å². The molecule has 2 aromatic carbocycles. The molecule has 8 heteroatoms. The van der Waals surface area contributed by atoms with Crippen LogP contribution in [0.4, 0.5) is 0 Å². The molecule has 9 atom stereocenters. The number of hydrogen-bond donors (Lipinski definition) is 4. The van der Waals surface area contributed by atoms with Crippen molar-refractivity contribution in [3.05, 3.63) is 62.6 Å². The monoisotopic (exact) mass is 766 g/mol. The number of fused-ring (bicyclic) bond motifs is 5. The van der Waals surface area contributed by atoms with Crippen LogP contribution in [0.3, 0.4) is 0 Å². The van der Waals surface area contributed by atoms with E-state index in [-0.39, 0.29) is 21.2 Å². The van der Waals surface area contributed by atoms with Gasteiger partial charge >= 0.3 is 11.9 Å². The first kappa shape index (κ1) is 40.0. The van der Waals surface area contributed by atoms with Gasteiger partial charge in [-0.15, -0.1) is 0 Å². The second-order valence-corrected chi connectivity index (χ2v) is 19.2. The van der Waals surface area contributed by atoms with E-state index in [1.165, 1.54) is 101 Å². The third kappa shape index (κ3) is 7.75. The molecule has 0 bridgehead atoms. The molecule has 0 aromatic heterocycles. The number of carbonyl (C=O) groups is 2. The zero-order valence-electron chi connectivity index (χ0n) is 32.3. The van der Waals surface area contributed by atoms with Gasteiger partial charge in [0.15, 0.2) is 0 Å². The van der Waals surface area contributed by atoms with Gasteiger partial charge in [-0.1, -0.05) is 83.2 Å². The van der Waals surface area contributed by atoms with Crippen LogP contribution in [0.15, 0.2) is 30.3 Å². The maximum Gasteiger partial charge on any atom is 0.339 e. The van der Waals surface area contributed by atoms with Gasteiger partial charge in [0, 0.05) is 0 Å². The van der Waals surface area contributed by atoms with Gasteiger partial charge in [0.2, 0.25) is 0 Å². The van der Waals surface area contributed by atoms with Crippen molar-refractivity contribution in [3.63, 3.8) is 0 Å². The second-order valence-electron chi connectivity index (χ2n) is 18.3. The fourth-order valence-electron chi connectivity index (χ4n) is 12.3. The minimum absolute atomic E-state index is 0.122. The lowest BCUT2D eigenvalue weighted by Crippen LogP contribution is -2.53. The third-order valence-electron chi connectivity index (χ3n) is 15.1. The van der Waals surface area contributed by atoms with Crippen molar-refractivity contribution in [2.24, 2.45) is 58.2 Å². The molecule has 4 aliphatic rings. The molecule has 0 saturated heterocycles. The van der Waals surface area contributed by atoms with Crippen LogP contribution >= 0.6 is 23.2 Å². The largest absolute Gasteiger partial charge is 0.505 e. The molecule has 4 fully saturated rings. The molecule has 0 aliphatic heterocycles. The molecule has 4 saturated carbocycles. The normalized spacial score (nSPS) is 31.3. The van der Waals surface area contributed by atoms with E-state index in [1.54, 1.807) is 0 Å². The number of aromatic carboxylic acids is 2. The van der Waals surface area contributed by atoms with E-state index in [1.807, 2.05) is 6.08 Å². The number of hydrogen-bond acceptors (Lipinski definition) is 4. The van der Waals surface area contributed by atoms with Crippen LogP contribution in [0.2, 0.25) is 10.0 Å². The van der Waals surface area contributed by atoms with Gasteiger partial charge < -0.3 is 20.4 Å². The summed E-state index contributed by atoms with van der Waals surface area (Å²) >= 11 is 12.6. The van der Waals surface area contributed by atoms with Gasteiger partial charge in [0.25, 0.3) is 0 Å². The molecule has 4 N–H and O–H groups in total. The standard InChI is InChI=1S/C45H60Cl2O6/c1-25(2)8-6-9-26(3)35-14-15-36-32-13-12-30-20-27(16-18-44(30,4)37(32)17-19-45(35,36)5)10-7-11-31(28-21-33(42(50)51)40(48)38(46)23-28)29-22-34(43(52)53)41(49)39(47)24-29/h11,21-27,30,32,35-37,48-49H,6-10,12-20H2,1-5H3,(H,50,51)(H,52,53)/t26?,27?,30-,32+,35?,36-,37-,44+,45-/m1/s1.